The number of pyridine rings is 1. The first-order valence-corrected chi connectivity index (χ1v) is 6.88. The number of hydrogen-bond donors (Lipinski definition) is 1. The second-order valence-corrected chi connectivity index (χ2v) is 5.11. The van der Waals surface area contributed by atoms with Gasteiger partial charge in [-0.25, -0.2) is 4.98 Å². The third-order valence-electron chi connectivity index (χ3n) is 3.38. The van der Waals surface area contributed by atoms with Crippen molar-refractivity contribution >= 4 is 0 Å². The molecular formula is C15H18N4O. The Bertz CT molecular complexity index is 611. The Hall–Kier alpha value is -2.01. The SMILES string of the molecule is Cc1nc(Oc2cccnc2C)ncc1CNC1CC1. The van der Waals surface area contributed by atoms with E-state index < -0.39 is 0 Å². The van der Waals surface area contributed by atoms with E-state index in [-0.39, 0.29) is 0 Å². The Morgan fingerprint density at radius 1 is 1.25 bits per heavy atom. The number of nitrogens with zero attached hydrogens (tertiary/aromatic N) is 3. The second-order valence-electron chi connectivity index (χ2n) is 5.11. The Labute approximate surface area is 118 Å². The van der Waals surface area contributed by atoms with Crippen molar-refractivity contribution in [2.24, 2.45) is 0 Å². The topological polar surface area (TPSA) is 59.9 Å². The standard InChI is InChI=1S/C15H18N4O/c1-10-12(8-17-13-5-6-13)9-18-15(19-10)20-14-4-3-7-16-11(14)2/h3-4,7,9,13,17H,5-6,8H2,1-2H3. The van der Waals surface area contributed by atoms with Gasteiger partial charge in [-0.05, 0) is 38.8 Å². The fourth-order valence-corrected chi connectivity index (χ4v) is 1.91. The first kappa shape index (κ1) is 13.0. The Morgan fingerprint density at radius 2 is 2.10 bits per heavy atom. The van der Waals surface area contributed by atoms with E-state index in [9.17, 15) is 0 Å². The zero-order valence-corrected chi connectivity index (χ0v) is 11.8. The molecule has 0 bridgehead atoms. The summed E-state index contributed by atoms with van der Waals surface area (Å²) < 4.78 is 5.68. The highest BCUT2D eigenvalue weighted by Gasteiger charge is 2.20. The van der Waals surface area contributed by atoms with E-state index in [0.717, 1.165) is 23.5 Å². The van der Waals surface area contributed by atoms with Crippen molar-refractivity contribution in [3.05, 3.63) is 41.5 Å². The first-order chi connectivity index (χ1) is 9.72. The third-order valence-corrected chi connectivity index (χ3v) is 3.38. The third kappa shape index (κ3) is 3.11. The van der Waals surface area contributed by atoms with Crippen LogP contribution in [0.1, 0.15) is 29.8 Å². The summed E-state index contributed by atoms with van der Waals surface area (Å²) in [7, 11) is 0. The van der Waals surface area contributed by atoms with E-state index in [1.807, 2.05) is 32.2 Å². The van der Waals surface area contributed by atoms with Crippen LogP contribution >= 0.6 is 0 Å². The fraction of sp³-hybridized carbons (Fsp3) is 0.400. The van der Waals surface area contributed by atoms with Gasteiger partial charge in [0.25, 0.3) is 0 Å². The molecule has 1 aliphatic carbocycles. The van der Waals surface area contributed by atoms with Crippen molar-refractivity contribution in [2.45, 2.75) is 39.3 Å². The minimum absolute atomic E-state index is 0.369. The molecule has 1 saturated carbocycles. The zero-order chi connectivity index (χ0) is 13.9. The van der Waals surface area contributed by atoms with Crippen LogP contribution < -0.4 is 10.1 Å². The average molecular weight is 270 g/mol. The number of nitrogens with one attached hydrogen (secondary N) is 1. The van der Waals surface area contributed by atoms with Gasteiger partial charge in [0.2, 0.25) is 0 Å². The largest absolute Gasteiger partial charge is 0.422 e. The van der Waals surface area contributed by atoms with E-state index in [1.165, 1.54) is 12.8 Å². The lowest BCUT2D eigenvalue weighted by molar-refractivity contribution is 0.433. The lowest BCUT2D eigenvalue weighted by Crippen LogP contribution is -2.16. The number of aryl methyl sites for hydroxylation is 2. The van der Waals surface area contributed by atoms with Gasteiger partial charge >= 0.3 is 6.01 Å². The van der Waals surface area contributed by atoms with Crippen molar-refractivity contribution in [3.63, 3.8) is 0 Å². The summed E-state index contributed by atoms with van der Waals surface area (Å²) in [6.07, 6.45) is 6.13. The molecular weight excluding hydrogens is 252 g/mol. The summed E-state index contributed by atoms with van der Waals surface area (Å²) in [5.41, 5.74) is 2.89. The van der Waals surface area contributed by atoms with E-state index in [1.54, 1.807) is 6.20 Å². The molecule has 0 amide bonds. The lowest BCUT2D eigenvalue weighted by atomic mass is 10.2. The van der Waals surface area contributed by atoms with Gasteiger partial charge in [0.05, 0.1) is 5.69 Å². The van der Waals surface area contributed by atoms with Gasteiger partial charge in [0.15, 0.2) is 5.75 Å². The van der Waals surface area contributed by atoms with Crippen LogP contribution in [0.3, 0.4) is 0 Å². The minimum Gasteiger partial charge on any atom is -0.422 e. The number of hydrogen-bond acceptors (Lipinski definition) is 5. The molecule has 0 saturated heterocycles. The van der Waals surface area contributed by atoms with Crippen LogP contribution in [0.4, 0.5) is 0 Å². The maximum Gasteiger partial charge on any atom is 0.322 e. The molecule has 1 N–H and O–H groups in total. The number of ether oxygens (including phenoxy) is 1. The molecule has 0 spiro atoms. The molecule has 0 aliphatic heterocycles. The van der Waals surface area contributed by atoms with Crippen molar-refractivity contribution in [3.8, 4) is 11.8 Å². The summed E-state index contributed by atoms with van der Waals surface area (Å²) in [4.78, 5) is 12.9. The van der Waals surface area contributed by atoms with Crippen molar-refractivity contribution in [2.75, 3.05) is 0 Å². The predicted octanol–water partition coefficient (Wildman–Crippen LogP) is 2.53. The van der Waals surface area contributed by atoms with E-state index >= 15 is 0 Å². The molecule has 1 aliphatic rings. The highest BCUT2D eigenvalue weighted by molar-refractivity contribution is 5.29. The summed E-state index contributed by atoms with van der Waals surface area (Å²) >= 11 is 0. The van der Waals surface area contributed by atoms with Crippen LogP contribution in [0.2, 0.25) is 0 Å². The van der Waals surface area contributed by atoms with Gasteiger partial charge in [0.1, 0.15) is 0 Å². The Kier molecular flexibility index (Phi) is 3.60. The highest BCUT2D eigenvalue weighted by Crippen LogP contribution is 2.22. The molecule has 3 rings (SSSR count). The lowest BCUT2D eigenvalue weighted by Gasteiger charge is -2.09. The van der Waals surface area contributed by atoms with Crippen LogP contribution in [0.15, 0.2) is 24.5 Å². The Morgan fingerprint density at radius 3 is 2.80 bits per heavy atom. The normalized spacial score (nSPS) is 14.3. The van der Waals surface area contributed by atoms with Gasteiger partial charge in [-0.15, -0.1) is 0 Å². The predicted molar refractivity (Wildman–Crippen MR) is 75.7 cm³/mol. The van der Waals surface area contributed by atoms with Gasteiger partial charge < -0.3 is 10.1 Å². The van der Waals surface area contributed by atoms with Crippen molar-refractivity contribution in [1.29, 1.82) is 0 Å². The van der Waals surface area contributed by atoms with Crippen LogP contribution in [-0.4, -0.2) is 21.0 Å². The van der Waals surface area contributed by atoms with Gasteiger partial charge in [-0.2, -0.15) is 4.98 Å². The van der Waals surface area contributed by atoms with Gasteiger partial charge in [-0.3, -0.25) is 4.98 Å². The molecule has 2 heterocycles. The fourth-order valence-electron chi connectivity index (χ4n) is 1.91. The molecule has 1 fully saturated rings. The second kappa shape index (κ2) is 5.54. The van der Waals surface area contributed by atoms with Crippen molar-refractivity contribution in [1.82, 2.24) is 20.3 Å². The van der Waals surface area contributed by atoms with Crippen LogP contribution in [0.5, 0.6) is 11.8 Å². The summed E-state index contributed by atoms with van der Waals surface area (Å²) in [5, 5.41) is 3.46. The van der Waals surface area contributed by atoms with Crippen molar-refractivity contribution < 1.29 is 4.74 Å². The average Bonchev–Trinajstić information content (AvgIpc) is 3.25. The Balaban J connectivity index is 1.71. The minimum atomic E-state index is 0.369. The van der Waals surface area contributed by atoms with E-state index in [0.29, 0.717) is 17.8 Å². The molecule has 2 aromatic rings. The quantitative estimate of drug-likeness (QED) is 0.904. The molecule has 104 valence electrons. The molecule has 5 heteroatoms. The molecule has 20 heavy (non-hydrogen) atoms. The smallest absolute Gasteiger partial charge is 0.322 e. The molecule has 0 aromatic carbocycles. The maximum atomic E-state index is 5.68. The van der Waals surface area contributed by atoms with E-state index in [4.69, 9.17) is 4.74 Å². The summed E-state index contributed by atoms with van der Waals surface area (Å²) in [6.45, 7) is 4.70. The molecule has 5 nitrogen and oxygen atoms in total. The van der Waals surface area contributed by atoms with Gasteiger partial charge in [0, 0.05) is 36.2 Å². The molecule has 0 radical (unpaired) electrons. The summed E-state index contributed by atoms with van der Waals surface area (Å²) in [5.74, 6) is 0.691. The number of rotatable bonds is 5. The van der Waals surface area contributed by atoms with Crippen LogP contribution in [0, 0.1) is 13.8 Å². The highest BCUT2D eigenvalue weighted by atomic mass is 16.5. The zero-order valence-electron chi connectivity index (χ0n) is 11.8. The van der Waals surface area contributed by atoms with E-state index in [2.05, 4.69) is 20.3 Å². The molecule has 0 unspecified atom stereocenters. The van der Waals surface area contributed by atoms with Gasteiger partial charge in [-0.1, -0.05) is 0 Å². The monoisotopic (exact) mass is 270 g/mol. The van der Waals surface area contributed by atoms with Crippen LogP contribution in [-0.2, 0) is 6.54 Å². The van der Waals surface area contributed by atoms with Crippen LogP contribution in [0.25, 0.3) is 0 Å². The molecule has 0 atom stereocenters. The number of aromatic nitrogens is 3. The maximum absolute atomic E-state index is 5.68. The summed E-state index contributed by atoms with van der Waals surface area (Å²) in [6, 6.07) is 4.75. The molecule has 2 aromatic heterocycles. The first-order valence-electron chi connectivity index (χ1n) is 6.88.